The van der Waals surface area contributed by atoms with E-state index in [0.29, 0.717) is 0 Å². The van der Waals surface area contributed by atoms with Gasteiger partial charge in [0.25, 0.3) is 0 Å². The summed E-state index contributed by atoms with van der Waals surface area (Å²) in [5, 5.41) is 8.66. The molecule has 3 heteroatoms. The second-order valence-corrected chi connectivity index (χ2v) is 3.70. The number of aliphatic carboxylic acids is 1. The van der Waals surface area contributed by atoms with Crippen LogP contribution in [0.5, 0.6) is 0 Å². The predicted molar refractivity (Wildman–Crippen MR) is 60.5 cm³/mol. The van der Waals surface area contributed by atoms with Gasteiger partial charge in [0.1, 0.15) is 5.70 Å². The fraction of sp³-hybridized carbons (Fsp3) is 0.250. The smallest absolute Gasteiger partial charge is 0.351 e. The zero-order chi connectivity index (χ0) is 11.6. The first-order valence-electron chi connectivity index (χ1n) is 4.70. The Labute approximate surface area is 89.2 Å². The Balaban J connectivity index is 3.22. The first-order valence-corrected chi connectivity index (χ1v) is 4.70. The summed E-state index contributed by atoms with van der Waals surface area (Å²) >= 11 is 0. The Morgan fingerprint density at radius 2 is 1.73 bits per heavy atom. The number of carboxylic acid groups (broad SMARTS) is 1. The first-order chi connectivity index (χ1) is 6.91. The molecule has 3 N–H and O–H groups in total. The highest BCUT2D eigenvalue weighted by Gasteiger charge is 2.04. The summed E-state index contributed by atoms with van der Waals surface area (Å²) in [5.74, 6) is -1.09. The van der Waals surface area contributed by atoms with Crippen LogP contribution >= 0.6 is 0 Å². The molecule has 1 rings (SSSR count). The second-order valence-electron chi connectivity index (χ2n) is 3.70. The van der Waals surface area contributed by atoms with E-state index in [2.05, 4.69) is 0 Å². The molecule has 0 saturated carbocycles. The third-order valence-electron chi connectivity index (χ3n) is 2.44. The van der Waals surface area contributed by atoms with Gasteiger partial charge in [0.2, 0.25) is 0 Å². The molecule has 80 valence electrons. The topological polar surface area (TPSA) is 63.3 Å². The summed E-state index contributed by atoms with van der Waals surface area (Å²) < 4.78 is 0. The van der Waals surface area contributed by atoms with Crippen molar-refractivity contribution >= 4 is 12.0 Å². The summed E-state index contributed by atoms with van der Waals surface area (Å²) in [6, 6.07) is 3.97. The normalized spacial score (nSPS) is 11.5. The Bertz CT molecular complexity index is 433. The number of hydrogen-bond acceptors (Lipinski definition) is 2. The average molecular weight is 205 g/mol. The minimum absolute atomic E-state index is 0.138. The zero-order valence-electron chi connectivity index (χ0n) is 9.16. The quantitative estimate of drug-likeness (QED) is 0.726. The van der Waals surface area contributed by atoms with Crippen LogP contribution in [0.3, 0.4) is 0 Å². The van der Waals surface area contributed by atoms with Gasteiger partial charge in [-0.3, -0.25) is 0 Å². The molecule has 0 aliphatic carbocycles. The van der Waals surface area contributed by atoms with Gasteiger partial charge in [-0.05, 0) is 49.1 Å². The highest BCUT2D eigenvalue weighted by molar-refractivity contribution is 5.91. The lowest BCUT2D eigenvalue weighted by Gasteiger charge is -2.06. The molecule has 0 aliphatic rings. The Morgan fingerprint density at radius 3 is 2.27 bits per heavy atom. The Hall–Kier alpha value is -1.77. The van der Waals surface area contributed by atoms with E-state index in [-0.39, 0.29) is 5.70 Å². The summed E-state index contributed by atoms with van der Waals surface area (Å²) in [6.45, 7) is 5.95. The molecule has 3 nitrogen and oxygen atoms in total. The van der Waals surface area contributed by atoms with Gasteiger partial charge in [0, 0.05) is 0 Å². The van der Waals surface area contributed by atoms with Crippen LogP contribution in [-0.2, 0) is 4.79 Å². The third kappa shape index (κ3) is 2.59. The van der Waals surface area contributed by atoms with Crippen LogP contribution in [0.4, 0.5) is 0 Å². The van der Waals surface area contributed by atoms with Crippen LogP contribution in [0.2, 0.25) is 0 Å². The fourth-order valence-electron chi connectivity index (χ4n) is 1.37. The molecule has 0 heterocycles. The lowest BCUT2D eigenvalue weighted by molar-refractivity contribution is -0.132. The van der Waals surface area contributed by atoms with Crippen molar-refractivity contribution in [3.8, 4) is 0 Å². The standard InChI is InChI=1S/C12H15NO2/c1-7-4-9(3)10(5-8(7)2)6-11(13)12(14)15/h4-6H,13H2,1-3H3,(H,14,15)/b11-6+. The lowest BCUT2D eigenvalue weighted by atomic mass is 10.0. The molecule has 0 bridgehead atoms. The summed E-state index contributed by atoms with van der Waals surface area (Å²) in [4.78, 5) is 10.6. The minimum Gasteiger partial charge on any atom is -0.477 e. The number of hydrogen-bond donors (Lipinski definition) is 2. The van der Waals surface area contributed by atoms with Crippen LogP contribution in [0.1, 0.15) is 22.3 Å². The molecule has 0 aliphatic heterocycles. The van der Waals surface area contributed by atoms with Gasteiger partial charge in [0.15, 0.2) is 0 Å². The maximum absolute atomic E-state index is 10.6. The maximum Gasteiger partial charge on any atom is 0.351 e. The Kier molecular flexibility index (Phi) is 3.14. The molecule has 0 atom stereocenters. The van der Waals surface area contributed by atoms with Gasteiger partial charge < -0.3 is 10.8 Å². The summed E-state index contributed by atoms with van der Waals surface area (Å²) in [6.07, 6.45) is 1.49. The lowest BCUT2D eigenvalue weighted by Crippen LogP contribution is -2.09. The summed E-state index contributed by atoms with van der Waals surface area (Å²) in [7, 11) is 0. The monoisotopic (exact) mass is 205 g/mol. The van der Waals surface area contributed by atoms with E-state index in [9.17, 15) is 4.79 Å². The molecule has 0 spiro atoms. The second kappa shape index (κ2) is 4.17. The molecule has 0 radical (unpaired) electrons. The fourth-order valence-corrected chi connectivity index (χ4v) is 1.37. The van der Waals surface area contributed by atoms with Crippen molar-refractivity contribution in [3.05, 3.63) is 40.1 Å². The number of carbonyl (C=O) groups is 1. The predicted octanol–water partition coefficient (Wildman–Crippen LogP) is 2.00. The molecule has 0 unspecified atom stereocenters. The van der Waals surface area contributed by atoms with Crippen molar-refractivity contribution in [1.82, 2.24) is 0 Å². The molecule has 0 saturated heterocycles. The van der Waals surface area contributed by atoms with Crippen LogP contribution in [0, 0.1) is 20.8 Å². The van der Waals surface area contributed by atoms with Crippen LogP contribution in [0.15, 0.2) is 17.8 Å². The van der Waals surface area contributed by atoms with E-state index >= 15 is 0 Å². The van der Waals surface area contributed by atoms with E-state index in [4.69, 9.17) is 10.8 Å². The van der Waals surface area contributed by atoms with E-state index < -0.39 is 5.97 Å². The molecule has 1 aromatic rings. The maximum atomic E-state index is 10.6. The van der Waals surface area contributed by atoms with Gasteiger partial charge in [-0.2, -0.15) is 0 Å². The van der Waals surface area contributed by atoms with Crippen LogP contribution in [0.25, 0.3) is 6.08 Å². The largest absolute Gasteiger partial charge is 0.477 e. The van der Waals surface area contributed by atoms with Gasteiger partial charge in [-0.25, -0.2) is 4.79 Å². The molecule has 0 fully saturated rings. The molecule has 15 heavy (non-hydrogen) atoms. The first kappa shape index (κ1) is 11.3. The highest BCUT2D eigenvalue weighted by atomic mass is 16.4. The minimum atomic E-state index is -1.09. The van der Waals surface area contributed by atoms with Crippen LogP contribution in [-0.4, -0.2) is 11.1 Å². The average Bonchev–Trinajstić information content (AvgIpc) is 2.13. The molecular formula is C12H15NO2. The number of aryl methyl sites for hydroxylation is 3. The zero-order valence-corrected chi connectivity index (χ0v) is 9.16. The van der Waals surface area contributed by atoms with Gasteiger partial charge >= 0.3 is 5.97 Å². The molecule has 0 amide bonds. The van der Waals surface area contributed by atoms with Crippen molar-refractivity contribution in [3.63, 3.8) is 0 Å². The van der Waals surface area contributed by atoms with Crippen molar-refractivity contribution in [2.45, 2.75) is 20.8 Å². The van der Waals surface area contributed by atoms with E-state index in [1.54, 1.807) is 0 Å². The van der Waals surface area contributed by atoms with E-state index in [1.165, 1.54) is 11.6 Å². The molecule has 1 aromatic carbocycles. The number of benzene rings is 1. The number of nitrogens with two attached hydrogens (primary N) is 1. The van der Waals surface area contributed by atoms with Crippen LogP contribution < -0.4 is 5.73 Å². The van der Waals surface area contributed by atoms with Gasteiger partial charge in [-0.1, -0.05) is 12.1 Å². The van der Waals surface area contributed by atoms with Crippen molar-refractivity contribution in [2.75, 3.05) is 0 Å². The van der Waals surface area contributed by atoms with E-state index in [0.717, 1.165) is 16.7 Å². The molecule has 0 aromatic heterocycles. The summed E-state index contributed by atoms with van der Waals surface area (Å²) in [5.41, 5.74) is 9.44. The van der Waals surface area contributed by atoms with Crippen molar-refractivity contribution < 1.29 is 9.90 Å². The van der Waals surface area contributed by atoms with Gasteiger partial charge in [0.05, 0.1) is 0 Å². The Morgan fingerprint density at radius 1 is 1.20 bits per heavy atom. The third-order valence-corrected chi connectivity index (χ3v) is 2.44. The number of rotatable bonds is 2. The number of carboxylic acids is 1. The van der Waals surface area contributed by atoms with Crippen molar-refractivity contribution in [2.24, 2.45) is 5.73 Å². The highest BCUT2D eigenvalue weighted by Crippen LogP contribution is 2.17. The molecular weight excluding hydrogens is 190 g/mol. The van der Waals surface area contributed by atoms with Gasteiger partial charge in [-0.15, -0.1) is 0 Å². The van der Waals surface area contributed by atoms with Crippen molar-refractivity contribution in [1.29, 1.82) is 0 Å². The SMILES string of the molecule is Cc1cc(C)c(/C=C(/N)C(=O)O)cc1C. The van der Waals surface area contributed by atoms with E-state index in [1.807, 2.05) is 32.9 Å².